The molecule has 0 aliphatic carbocycles. The Morgan fingerprint density at radius 3 is 2.11 bits per heavy atom. The van der Waals surface area contributed by atoms with Crippen molar-refractivity contribution in [3.05, 3.63) is 47.0 Å². The maximum atomic E-state index is 10.4. The maximum Gasteiger partial charge on any atom is 0.335 e. The molecule has 0 atom stereocenters. The molecule has 100 valence electrons. The molecule has 0 spiro atoms. The van der Waals surface area contributed by atoms with Gasteiger partial charge < -0.3 is 15.5 Å². The number of nitrogens with zero attached hydrogens (tertiary/aromatic N) is 1. The third-order valence-corrected chi connectivity index (χ3v) is 2.79. The largest absolute Gasteiger partial charge is 0.478 e. The summed E-state index contributed by atoms with van der Waals surface area (Å²) in [7, 11) is 1.86. The van der Waals surface area contributed by atoms with E-state index in [0.717, 1.165) is 11.2 Å². The first-order chi connectivity index (χ1) is 9.04. The Hall–Kier alpha value is -2.41. The topological polar surface area (TPSA) is 99.5 Å². The van der Waals surface area contributed by atoms with Gasteiger partial charge in [-0.25, -0.2) is 14.6 Å². The first-order valence-electron chi connectivity index (χ1n) is 5.18. The Morgan fingerprint density at radius 2 is 1.79 bits per heavy atom. The molecule has 0 saturated carbocycles. The van der Waals surface area contributed by atoms with Gasteiger partial charge in [-0.15, -0.1) is 11.3 Å². The minimum atomic E-state index is -1.13. The van der Waals surface area contributed by atoms with E-state index in [1.807, 2.05) is 12.4 Å². The van der Waals surface area contributed by atoms with Crippen molar-refractivity contribution in [2.75, 3.05) is 12.4 Å². The van der Waals surface area contributed by atoms with Gasteiger partial charge in [0.2, 0.25) is 0 Å². The molecular weight excluding hydrogens is 268 g/mol. The average Bonchev–Trinajstić information content (AvgIpc) is 2.92. The van der Waals surface area contributed by atoms with Gasteiger partial charge in [0.15, 0.2) is 5.13 Å². The summed E-state index contributed by atoms with van der Waals surface area (Å²) >= 11 is 1.60. The van der Waals surface area contributed by atoms with Crippen LogP contribution in [0.2, 0.25) is 0 Å². The molecule has 6 nitrogen and oxygen atoms in total. The lowest BCUT2D eigenvalue weighted by Gasteiger charge is -1.95. The van der Waals surface area contributed by atoms with E-state index in [4.69, 9.17) is 10.2 Å². The van der Waals surface area contributed by atoms with Crippen LogP contribution >= 0.6 is 11.3 Å². The SMILES string of the molecule is CNc1nccs1.O=C(O)c1cccc(C(=O)O)c1. The van der Waals surface area contributed by atoms with E-state index in [-0.39, 0.29) is 11.1 Å². The molecule has 0 fully saturated rings. The van der Waals surface area contributed by atoms with Crippen LogP contribution in [-0.2, 0) is 0 Å². The van der Waals surface area contributed by atoms with Gasteiger partial charge in [0, 0.05) is 18.6 Å². The van der Waals surface area contributed by atoms with Crippen molar-refractivity contribution >= 4 is 28.4 Å². The molecule has 3 N–H and O–H groups in total. The molecule has 1 aromatic carbocycles. The average molecular weight is 280 g/mol. The Balaban J connectivity index is 0.000000218. The lowest BCUT2D eigenvalue weighted by atomic mass is 10.1. The summed E-state index contributed by atoms with van der Waals surface area (Å²) in [5.41, 5.74) is -0.0372. The van der Waals surface area contributed by atoms with Crippen LogP contribution in [-0.4, -0.2) is 34.2 Å². The number of hydrogen-bond acceptors (Lipinski definition) is 5. The third kappa shape index (κ3) is 4.76. The van der Waals surface area contributed by atoms with E-state index >= 15 is 0 Å². The van der Waals surface area contributed by atoms with Crippen molar-refractivity contribution < 1.29 is 19.8 Å². The summed E-state index contributed by atoms with van der Waals surface area (Å²) in [6.45, 7) is 0. The van der Waals surface area contributed by atoms with Crippen LogP contribution in [0.1, 0.15) is 20.7 Å². The highest BCUT2D eigenvalue weighted by molar-refractivity contribution is 7.13. The second-order valence-corrected chi connectivity index (χ2v) is 4.17. The first kappa shape index (κ1) is 14.7. The maximum absolute atomic E-state index is 10.4. The summed E-state index contributed by atoms with van der Waals surface area (Å²) < 4.78 is 0. The molecule has 2 rings (SSSR count). The smallest absolute Gasteiger partial charge is 0.335 e. The fourth-order valence-corrected chi connectivity index (χ4v) is 1.62. The molecule has 2 aromatic rings. The van der Waals surface area contributed by atoms with Gasteiger partial charge in [0.05, 0.1) is 11.1 Å². The minimum absolute atomic E-state index is 0.0186. The van der Waals surface area contributed by atoms with Gasteiger partial charge in [-0.2, -0.15) is 0 Å². The van der Waals surface area contributed by atoms with Crippen LogP contribution in [0.15, 0.2) is 35.8 Å². The number of nitrogens with one attached hydrogen (secondary N) is 1. The van der Waals surface area contributed by atoms with Crippen LogP contribution in [0.4, 0.5) is 5.13 Å². The molecule has 0 aliphatic rings. The molecule has 19 heavy (non-hydrogen) atoms. The van der Waals surface area contributed by atoms with E-state index in [2.05, 4.69) is 10.3 Å². The summed E-state index contributed by atoms with van der Waals surface area (Å²) in [5.74, 6) is -2.25. The molecule has 0 saturated heterocycles. The number of rotatable bonds is 3. The Kier molecular flexibility index (Phi) is 5.49. The van der Waals surface area contributed by atoms with E-state index in [1.165, 1.54) is 18.2 Å². The zero-order valence-corrected chi connectivity index (χ0v) is 10.8. The summed E-state index contributed by atoms with van der Waals surface area (Å²) in [4.78, 5) is 24.7. The van der Waals surface area contributed by atoms with Crippen LogP contribution in [0.25, 0.3) is 0 Å². The first-order valence-corrected chi connectivity index (χ1v) is 6.06. The number of aromatic nitrogens is 1. The molecule has 0 aliphatic heterocycles. The molecule has 0 unspecified atom stereocenters. The highest BCUT2D eigenvalue weighted by Gasteiger charge is 2.06. The lowest BCUT2D eigenvalue weighted by molar-refractivity contribution is 0.0696. The summed E-state index contributed by atoms with van der Waals surface area (Å²) in [6.07, 6.45) is 1.77. The molecule has 7 heteroatoms. The number of carboxylic acid groups (broad SMARTS) is 2. The van der Waals surface area contributed by atoms with Gasteiger partial charge in [-0.1, -0.05) is 6.07 Å². The van der Waals surface area contributed by atoms with Gasteiger partial charge >= 0.3 is 11.9 Å². The Morgan fingerprint density at radius 1 is 1.21 bits per heavy atom. The fraction of sp³-hybridized carbons (Fsp3) is 0.0833. The zero-order chi connectivity index (χ0) is 14.3. The van der Waals surface area contributed by atoms with Crippen LogP contribution in [0.5, 0.6) is 0 Å². The highest BCUT2D eigenvalue weighted by Crippen LogP contribution is 2.07. The number of carboxylic acids is 2. The quantitative estimate of drug-likeness (QED) is 0.797. The second kappa shape index (κ2) is 7.12. The minimum Gasteiger partial charge on any atom is -0.478 e. The number of aromatic carboxylic acids is 2. The van der Waals surface area contributed by atoms with Crippen molar-refractivity contribution in [1.82, 2.24) is 4.98 Å². The highest BCUT2D eigenvalue weighted by atomic mass is 32.1. The predicted octanol–water partition coefficient (Wildman–Crippen LogP) is 2.27. The molecule has 1 aromatic heterocycles. The summed E-state index contributed by atoms with van der Waals surface area (Å²) in [5, 5.41) is 22.8. The number of hydrogen-bond donors (Lipinski definition) is 3. The molecule has 0 radical (unpaired) electrons. The molecular formula is C12H12N2O4S. The fourth-order valence-electron chi connectivity index (χ4n) is 1.13. The molecule has 0 bridgehead atoms. The second-order valence-electron chi connectivity index (χ2n) is 3.28. The zero-order valence-electron chi connectivity index (χ0n) is 10.0. The number of anilines is 1. The van der Waals surface area contributed by atoms with Crippen LogP contribution in [0, 0.1) is 0 Å². The van der Waals surface area contributed by atoms with Gasteiger partial charge in [0.25, 0.3) is 0 Å². The number of benzene rings is 1. The summed E-state index contributed by atoms with van der Waals surface area (Å²) in [6, 6.07) is 5.20. The van der Waals surface area contributed by atoms with Crippen molar-refractivity contribution in [2.24, 2.45) is 0 Å². The van der Waals surface area contributed by atoms with Gasteiger partial charge in [-0.3, -0.25) is 0 Å². The Bertz CT molecular complexity index is 525. The van der Waals surface area contributed by atoms with E-state index in [0.29, 0.717) is 0 Å². The third-order valence-electron chi connectivity index (χ3n) is 2.00. The van der Waals surface area contributed by atoms with Crippen molar-refractivity contribution in [2.45, 2.75) is 0 Å². The normalized spacial score (nSPS) is 9.11. The van der Waals surface area contributed by atoms with Crippen LogP contribution < -0.4 is 5.32 Å². The number of carbonyl (C=O) groups is 2. The van der Waals surface area contributed by atoms with Gasteiger partial charge in [-0.05, 0) is 18.2 Å². The van der Waals surface area contributed by atoms with Crippen LogP contribution in [0.3, 0.4) is 0 Å². The Labute approximate surface area is 113 Å². The predicted molar refractivity (Wildman–Crippen MR) is 72.0 cm³/mol. The van der Waals surface area contributed by atoms with Gasteiger partial charge in [0.1, 0.15) is 0 Å². The van der Waals surface area contributed by atoms with Crippen molar-refractivity contribution in [1.29, 1.82) is 0 Å². The van der Waals surface area contributed by atoms with Crippen molar-refractivity contribution in [3.63, 3.8) is 0 Å². The lowest BCUT2D eigenvalue weighted by Crippen LogP contribution is -2.01. The molecule has 1 heterocycles. The van der Waals surface area contributed by atoms with Crippen molar-refractivity contribution in [3.8, 4) is 0 Å². The standard InChI is InChI=1S/C8H6O4.C4H6N2S/c9-7(10)5-2-1-3-6(4-5)8(11)12;1-5-4-6-2-3-7-4/h1-4H,(H,9,10)(H,11,12);2-3H,1H3,(H,5,6). The number of thiazole rings is 1. The van der Waals surface area contributed by atoms with E-state index in [9.17, 15) is 9.59 Å². The molecule has 0 amide bonds. The van der Waals surface area contributed by atoms with E-state index < -0.39 is 11.9 Å². The van der Waals surface area contributed by atoms with E-state index in [1.54, 1.807) is 17.5 Å². The monoisotopic (exact) mass is 280 g/mol.